The highest BCUT2D eigenvalue weighted by Gasteiger charge is 2.16. The molecule has 0 radical (unpaired) electrons. The second-order valence-corrected chi connectivity index (χ2v) is 3.02. The number of ether oxygens (including phenoxy) is 2. The van der Waals surface area contributed by atoms with Crippen molar-refractivity contribution in [3.05, 3.63) is 29.6 Å². The zero-order valence-electron chi connectivity index (χ0n) is 7.64. The van der Waals surface area contributed by atoms with Crippen LogP contribution in [0.15, 0.2) is 18.3 Å². The Bertz CT molecular complexity index is 353. The van der Waals surface area contributed by atoms with Gasteiger partial charge in [-0.3, -0.25) is 0 Å². The van der Waals surface area contributed by atoms with E-state index >= 15 is 0 Å². The average Bonchev–Trinajstić information content (AvgIpc) is 2.30. The third-order valence-electron chi connectivity index (χ3n) is 2.09. The molecular formula is C10H10N2O2. The summed E-state index contributed by atoms with van der Waals surface area (Å²) in [5.74, 6) is 0. The first kappa shape index (κ1) is 9.13. The molecule has 1 fully saturated rings. The highest BCUT2D eigenvalue weighted by atomic mass is 16.6. The standard InChI is InChI=1S/C10H10N2O2/c11-6-9-5-8(1-2-12-9)10-7-13-3-4-14-10/h1-2,5,10H,3-4,7H2. The quantitative estimate of drug-likeness (QED) is 0.664. The van der Waals surface area contributed by atoms with E-state index in [0.29, 0.717) is 25.5 Å². The first-order valence-electron chi connectivity index (χ1n) is 4.45. The molecule has 2 heterocycles. The summed E-state index contributed by atoms with van der Waals surface area (Å²) < 4.78 is 10.8. The lowest BCUT2D eigenvalue weighted by molar-refractivity contribution is -0.0901. The van der Waals surface area contributed by atoms with Crippen molar-refractivity contribution in [1.82, 2.24) is 4.98 Å². The van der Waals surface area contributed by atoms with Gasteiger partial charge in [-0.25, -0.2) is 4.98 Å². The van der Waals surface area contributed by atoms with Gasteiger partial charge in [0.25, 0.3) is 0 Å². The Morgan fingerprint density at radius 2 is 2.43 bits per heavy atom. The highest BCUT2D eigenvalue weighted by molar-refractivity contribution is 5.27. The summed E-state index contributed by atoms with van der Waals surface area (Å²) in [5.41, 5.74) is 1.37. The van der Waals surface area contributed by atoms with Crippen molar-refractivity contribution in [3.8, 4) is 6.07 Å². The van der Waals surface area contributed by atoms with Gasteiger partial charge in [-0.05, 0) is 17.7 Å². The normalized spacial score (nSPS) is 21.5. The first-order valence-corrected chi connectivity index (χ1v) is 4.45. The van der Waals surface area contributed by atoms with Crippen LogP contribution in [0.3, 0.4) is 0 Å². The predicted molar refractivity (Wildman–Crippen MR) is 48.5 cm³/mol. The maximum Gasteiger partial charge on any atom is 0.140 e. The molecule has 1 unspecified atom stereocenters. The first-order chi connectivity index (χ1) is 6.90. The Labute approximate surface area is 82.1 Å². The van der Waals surface area contributed by atoms with Crippen LogP contribution in [0.2, 0.25) is 0 Å². The molecule has 1 atom stereocenters. The molecule has 1 aromatic rings. The van der Waals surface area contributed by atoms with E-state index in [1.165, 1.54) is 0 Å². The second-order valence-electron chi connectivity index (χ2n) is 3.02. The fraction of sp³-hybridized carbons (Fsp3) is 0.400. The predicted octanol–water partition coefficient (Wildman–Crippen LogP) is 1.04. The van der Waals surface area contributed by atoms with Crippen LogP contribution in [0.5, 0.6) is 0 Å². The minimum Gasteiger partial charge on any atom is -0.376 e. The number of hydrogen-bond donors (Lipinski definition) is 0. The van der Waals surface area contributed by atoms with Crippen LogP contribution in [-0.2, 0) is 9.47 Å². The van der Waals surface area contributed by atoms with E-state index in [2.05, 4.69) is 4.98 Å². The van der Waals surface area contributed by atoms with Gasteiger partial charge in [0.05, 0.1) is 19.8 Å². The van der Waals surface area contributed by atoms with E-state index in [-0.39, 0.29) is 6.10 Å². The van der Waals surface area contributed by atoms with Gasteiger partial charge in [0, 0.05) is 6.20 Å². The molecule has 1 aromatic heterocycles. The number of aromatic nitrogens is 1. The molecule has 0 amide bonds. The van der Waals surface area contributed by atoms with Gasteiger partial charge in [-0.1, -0.05) is 0 Å². The number of hydrogen-bond acceptors (Lipinski definition) is 4. The van der Waals surface area contributed by atoms with E-state index in [0.717, 1.165) is 5.56 Å². The maximum absolute atomic E-state index is 8.68. The van der Waals surface area contributed by atoms with Crippen LogP contribution in [0.4, 0.5) is 0 Å². The number of nitriles is 1. The van der Waals surface area contributed by atoms with Crippen LogP contribution in [0.25, 0.3) is 0 Å². The van der Waals surface area contributed by atoms with E-state index < -0.39 is 0 Å². The Morgan fingerprint density at radius 3 is 3.14 bits per heavy atom. The van der Waals surface area contributed by atoms with Crippen LogP contribution >= 0.6 is 0 Å². The maximum atomic E-state index is 8.68. The molecule has 4 heteroatoms. The summed E-state index contributed by atoms with van der Waals surface area (Å²) in [5, 5.41) is 8.68. The van der Waals surface area contributed by atoms with E-state index in [4.69, 9.17) is 14.7 Å². The molecule has 0 N–H and O–H groups in total. The van der Waals surface area contributed by atoms with Crippen molar-refractivity contribution >= 4 is 0 Å². The third-order valence-corrected chi connectivity index (χ3v) is 2.09. The monoisotopic (exact) mass is 190 g/mol. The van der Waals surface area contributed by atoms with Crippen molar-refractivity contribution in [2.75, 3.05) is 19.8 Å². The van der Waals surface area contributed by atoms with Gasteiger partial charge in [0.1, 0.15) is 17.9 Å². The average molecular weight is 190 g/mol. The Hall–Kier alpha value is -1.44. The van der Waals surface area contributed by atoms with E-state index in [9.17, 15) is 0 Å². The molecule has 0 spiro atoms. The second kappa shape index (κ2) is 4.18. The molecule has 0 aromatic carbocycles. The molecule has 72 valence electrons. The van der Waals surface area contributed by atoms with E-state index in [1.807, 2.05) is 12.1 Å². The molecular weight excluding hydrogens is 180 g/mol. The molecule has 0 saturated carbocycles. The minimum absolute atomic E-state index is 0.0566. The largest absolute Gasteiger partial charge is 0.376 e. The summed E-state index contributed by atoms with van der Waals surface area (Å²) in [6, 6.07) is 5.58. The summed E-state index contributed by atoms with van der Waals surface area (Å²) in [6.45, 7) is 1.80. The van der Waals surface area contributed by atoms with Gasteiger partial charge < -0.3 is 9.47 Å². The lowest BCUT2D eigenvalue weighted by atomic mass is 10.1. The summed E-state index contributed by atoms with van der Waals surface area (Å²) in [4.78, 5) is 3.90. The number of pyridine rings is 1. The minimum atomic E-state index is -0.0566. The van der Waals surface area contributed by atoms with Crippen molar-refractivity contribution in [1.29, 1.82) is 5.26 Å². The van der Waals surface area contributed by atoms with Crippen molar-refractivity contribution in [2.45, 2.75) is 6.10 Å². The fourth-order valence-electron chi connectivity index (χ4n) is 1.39. The molecule has 0 aliphatic carbocycles. The van der Waals surface area contributed by atoms with Gasteiger partial charge >= 0.3 is 0 Å². The Morgan fingerprint density at radius 1 is 1.50 bits per heavy atom. The Kier molecular flexibility index (Phi) is 2.73. The highest BCUT2D eigenvalue weighted by Crippen LogP contribution is 2.20. The van der Waals surface area contributed by atoms with Crippen molar-refractivity contribution < 1.29 is 9.47 Å². The summed E-state index contributed by atoms with van der Waals surface area (Å²) in [7, 11) is 0. The molecule has 4 nitrogen and oxygen atoms in total. The van der Waals surface area contributed by atoms with Crippen molar-refractivity contribution in [2.24, 2.45) is 0 Å². The molecule has 1 saturated heterocycles. The molecule has 14 heavy (non-hydrogen) atoms. The fourth-order valence-corrected chi connectivity index (χ4v) is 1.39. The molecule has 2 rings (SSSR count). The smallest absolute Gasteiger partial charge is 0.140 e. The zero-order valence-corrected chi connectivity index (χ0v) is 7.64. The van der Waals surface area contributed by atoms with Crippen LogP contribution in [0, 0.1) is 11.3 Å². The molecule has 1 aliphatic heterocycles. The Balaban J connectivity index is 2.18. The SMILES string of the molecule is N#Cc1cc(C2COCCO2)ccn1. The summed E-state index contributed by atoms with van der Waals surface area (Å²) >= 11 is 0. The van der Waals surface area contributed by atoms with E-state index in [1.54, 1.807) is 12.3 Å². The number of rotatable bonds is 1. The lowest BCUT2D eigenvalue weighted by Crippen LogP contribution is -2.21. The molecule has 1 aliphatic rings. The molecule has 0 bridgehead atoms. The summed E-state index contributed by atoms with van der Waals surface area (Å²) in [6.07, 6.45) is 1.56. The third kappa shape index (κ3) is 1.90. The topological polar surface area (TPSA) is 55.1 Å². The van der Waals surface area contributed by atoms with Crippen LogP contribution in [0.1, 0.15) is 17.4 Å². The van der Waals surface area contributed by atoms with Gasteiger partial charge in [0.15, 0.2) is 0 Å². The van der Waals surface area contributed by atoms with Gasteiger partial charge in [-0.15, -0.1) is 0 Å². The number of nitrogens with zero attached hydrogens (tertiary/aromatic N) is 2. The van der Waals surface area contributed by atoms with Crippen molar-refractivity contribution in [3.63, 3.8) is 0 Å². The van der Waals surface area contributed by atoms with Gasteiger partial charge in [-0.2, -0.15) is 5.26 Å². The lowest BCUT2D eigenvalue weighted by Gasteiger charge is -2.23. The van der Waals surface area contributed by atoms with Gasteiger partial charge in [0.2, 0.25) is 0 Å². The zero-order chi connectivity index (χ0) is 9.80. The van der Waals surface area contributed by atoms with Crippen LogP contribution in [-0.4, -0.2) is 24.8 Å². The van der Waals surface area contributed by atoms with Crippen LogP contribution < -0.4 is 0 Å².